The normalized spacial score (nSPS) is 24.2. The van der Waals surface area contributed by atoms with Gasteiger partial charge in [0.1, 0.15) is 5.82 Å². The number of carbonyl (C=O) groups is 2. The SMILES string of the molecule is CC(=O)N1C[C@@H]2C(CN3CC[C@@H](Cc4cn(-c5ccc(F)cc5C(=O)N(C)C(C)C)c5cncc(C)c45)C3)[C@@H]2C1. The van der Waals surface area contributed by atoms with Gasteiger partial charge < -0.3 is 19.3 Å². The van der Waals surface area contributed by atoms with Gasteiger partial charge in [-0.1, -0.05) is 0 Å². The van der Waals surface area contributed by atoms with E-state index < -0.39 is 5.82 Å². The van der Waals surface area contributed by atoms with E-state index in [4.69, 9.17) is 0 Å². The molecule has 0 spiro atoms. The molecule has 0 bridgehead atoms. The third-order valence-corrected chi connectivity index (χ3v) is 9.69. The minimum atomic E-state index is -0.421. The predicted molar refractivity (Wildman–Crippen MR) is 154 cm³/mol. The maximum Gasteiger partial charge on any atom is 0.256 e. The van der Waals surface area contributed by atoms with Gasteiger partial charge in [-0.2, -0.15) is 0 Å². The Bertz CT molecular complexity index is 1450. The lowest BCUT2D eigenvalue weighted by molar-refractivity contribution is -0.128. The first-order chi connectivity index (χ1) is 19.1. The summed E-state index contributed by atoms with van der Waals surface area (Å²) in [4.78, 5) is 35.8. The molecule has 4 heterocycles. The fourth-order valence-corrected chi connectivity index (χ4v) is 7.14. The number of amides is 2. The lowest BCUT2D eigenvalue weighted by Crippen LogP contribution is -2.33. The van der Waals surface area contributed by atoms with E-state index in [0.717, 1.165) is 62.6 Å². The minimum Gasteiger partial charge on any atom is -0.342 e. The second kappa shape index (κ2) is 10.3. The van der Waals surface area contributed by atoms with Crippen molar-refractivity contribution in [3.8, 4) is 5.69 Å². The van der Waals surface area contributed by atoms with Crippen molar-refractivity contribution in [2.24, 2.45) is 23.7 Å². The third-order valence-electron chi connectivity index (χ3n) is 9.69. The van der Waals surface area contributed by atoms with Gasteiger partial charge in [0, 0.05) is 64.0 Å². The summed E-state index contributed by atoms with van der Waals surface area (Å²) >= 11 is 0. The molecule has 2 amide bonds. The zero-order valence-electron chi connectivity index (χ0n) is 24.2. The van der Waals surface area contributed by atoms with Crippen LogP contribution in [0.4, 0.5) is 4.39 Å². The summed E-state index contributed by atoms with van der Waals surface area (Å²) in [5, 5.41) is 1.18. The van der Waals surface area contributed by atoms with Gasteiger partial charge in [-0.15, -0.1) is 0 Å². The highest BCUT2D eigenvalue weighted by molar-refractivity contribution is 5.99. The maximum absolute atomic E-state index is 14.4. The first-order valence-corrected chi connectivity index (χ1v) is 14.6. The van der Waals surface area contributed by atoms with Gasteiger partial charge >= 0.3 is 0 Å². The van der Waals surface area contributed by atoms with Gasteiger partial charge in [0.05, 0.1) is 23.0 Å². The van der Waals surface area contributed by atoms with Crippen molar-refractivity contribution in [2.45, 2.75) is 46.6 Å². The average molecular weight is 546 g/mol. The number of aryl methyl sites for hydroxylation is 1. The van der Waals surface area contributed by atoms with Crippen LogP contribution in [-0.4, -0.2) is 81.9 Å². The Morgan fingerprint density at radius 1 is 1.15 bits per heavy atom. The van der Waals surface area contributed by atoms with Crippen molar-refractivity contribution < 1.29 is 14.0 Å². The fourth-order valence-electron chi connectivity index (χ4n) is 7.14. The first kappa shape index (κ1) is 26.9. The highest BCUT2D eigenvalue weighted by Crippen LogP contribution is 2.52. The number of hydrogen-bond acceptors (Lipinski definition) is 4. The molecule has 2 saturated heterocycles. The zero-order valence-corrected chi connectivity index (χ0v) is 24.2. The van der Waals surface area contributed by atoms with Crippen molar-refractivity contribution in [1.29, 1.82) is 0 Å². The van der Waals surface area contributed by atoms with Crippen LogP contribution in [0.1, 0.15) is 48.7 Å². The van der Waals surface area contributed by atoms with Crippen LogP contribution in [0.3, 0.4) is 0 Å². The van der Waals surface area contributed by atoms with Crippen molar-refractivity contribution in [2.75, 3.05) is 39.8 Å². The molecule has 0 N–H and O–H groups in total. The first-order valence-electron chi connectivity index (χ1n) is 14.6. The molecule has 212 valence electrons. The van der Waals surface area contributed by atoms with Crippen LogP contribution in [0.5, 0.6) is 0 Å². The molecule has 3 aromatic rings. The monoisotopic (exact) mass is 545 g/mol. The molecule has 4 atom stereocenters. The van der Waals surface area contributed by atoms with Crippen LogP contribution in [-0.2, 0) is 11.2 Å². The Kier molecular flexibility index (Phi) is 6.93. The molecule has 40 heavy (non-hydrogen) atoms. The second-order valence-corrected chi connectivity index (χ2v) is 12.6. The third kappa shape index (κ3) is 4.80. The molecule has 3 fully saturated rings. The van der Waals surface area contributed by atoms with Gasteiger partial charge in [0.15, 0.2) is 0 Å². The van der Waals surface area contributed by atoms with E-state index in [1.165, 1.54) is 23.1 Å². The summed E-state index contributed by atoms with van der Waals surface area (Å²) in [7, 11) is 1.76. The molecule has 8 heteroatoms. The molecule has 1 aliphatic carbocycles. The summed E-state index contributed by atoms with van der Waals surface area (Å²) in [6.07, 6.45) is 8.01. The molecule has 0 radical (unpaired) electrons. The molecule has 6 rings (SSSR count). The Balaban J connectivity index is 1.23. The standard InChI is InChI=1S/C32H40FN5O2/c1-19(2)35(5)32(40)25-11-24(33)6-7-29(25)38-15-23(31-20(3)12-34-13-30(31)38)10-22-8-9-36(14-22)16-26-27-17-37(21(4)39)18-28(26)27/h6-7,11-13,15,19,22,26-28H,8-10,14,16-18H2,1-5H3/t22-,26?,27-,28+/m0/s1. The number of hydrogen-bond donors (Lipinski definition) is 0. The number of nitrogens with zero attached hydrogens (tertiary/aromatic N) is 5. The van der Waals surface area contributed by atoms with Crippen molar-refractivity contribution in [1.82, 2.24) is 24.3 Å². The van der Waals surface area contributed by atoms with Crippen molar-refractivity contribution >= 4 is 22.7 Å². The van der Waals surface area contributed by atoms with Crippen LogP contribution >= 0.6 is 0 Å². The number of likely N-dealkylation sites (tertiary alicyclic amines) is 2. The molecule has 3 aliphatic rings. The highest BCUT2D eigenvalue weighted by atomic mass is 19.1. The molecule has 1 unspecified atom stereocenters. The maximum atomic E-state index is 14.4. The highest BCUT2D eigenvalue weighted by Gasteiger charge is 2.56. The largest absolute Gasteiger partial charge is 0.342 e. The number of benzene rings is 1. The number of piperidine rings is 1. The van der Waals surface area contributed by atoms with Crippen molar-refractivity contribution in [3.05, 3.63) is 59.3 Å². The molecule has 7 nitrogen and oxygen atoms in total. The van der Waals surface area contributed by atoms with Crippen LogP contribution in [0.15, 0.2) is 36.8 Å². The lowest BCUT2D eigenvalue weighted by atomic mass is 9.97. The minimum absolute atomic E-state index is 0.00177. The van der Waals surface area contributed by atoms with E-state index in [-0.39, 0.29) is 17.9 Å². The van der Waals surface area contributed by atoms with Gasteiger partial charge in [-0.3, -0.25) is 14.6 Å². The van der Waals surface area contributed by atoms with Gasteiger partial charge in [0.2, 0.25) is 5.91 Å². The van der Waals surface area contributed by atoms with Gasteiger partial charge in [0.25, 0.3) is 5.91 Å². The molecule has 1 saturated carbocycles. The number of carbonyl (C=O) groups excluding carboxylic acids is 2. The van der Waals surface area contributed by atoms with Crippen LogP contribution in [0, 0.1) is 36.4 Å². The molecule has 2 aromatic heterocycles. The number of halogens is 1. The number of fused-ring (bicyclic) bond motifs is 2. The van der Waals surface area contributed by atoms with E-state index >= 15 is 0 Å². The smallest absolute Gasteiger partial charge is 0.256 e. The lowest BCUT2D eigenvalue weighted by Gasteiger charge is -2.23. The summed E-state index contributed by atoms with van der Waals surface area (Å²) in [6, 6.07) is 4.48. The second-order valence-electron chi connectivity index (χ2n) is 12.6. The summed E-state index contributed by atoms with van der Waals surface area (Å²) in [6.45, 7) is 12.9. The molecule has 1 aromatic carbocycles. The number of rotatable bonds is 7. The summed E-state index contributed by atoms with van der Waals surface area (Å²) in [5.74, 6) is 2.27. The summed E-state index contributed by atoms with van der Waals surface area (Å²) in [5.41, 5.74) is 4.33. The topological polar surface area (TPSA) is 61.7 Å². The van der Waals surface area contributed by atoms with Gasteiger partial charge in [-0.25, -0.2) is 4.39 Å². The van der Waals surface area contributed by atoms with E-state index in [1.54, 1.807) is 24.9 Å². The average Bonchev–Trinajstić information content (AvgIpc) is 3.34. The fraction of sp³-hybridized carbons (Fsp3) is 0.531. The summed E-state index contributed by atoms with van der Waals surface area (Å²) < 4.78 is 16.4. The van der Waals surface area contributed by atoms with Crippen molar-refractivity contribution in [3.63, 3.8) is 0 Å². The predicted octanol–water partition coefficient (Wildman–Crippen LogP) is 4.54. The zero-order chi connectivity index (χ0) is 28.3. The van der Waals surface area contributed by atoms with E-state index in [2.05, 4.69) is 23.0 Å². The molecular formula is C32H40FN5O2. The van der Waals surface area contributed by atoms with Gasteiger partial charge in [-0.05, 0) is 93.2 Å². The molecular weight excluding hydrogens is 505 g/mol. The molecule has 2 aliphatic heterocycles. The van der Waals surface area contributed by atoms with Crippen LogP contribution in [0.25, 0.3) is 16.6 Å². The van der Waals surface area contributed by atoms with Crippen LogP contribution < -0.4 is 0 Å². The van der Waals surface area contributed by atoms with Crippen LogP contribution in [0.2, 0.25) is 0 Å². The Labute approximate surface area is 235 Å². The van der Waals surface area contributed by atoms with E-state index in [9.17, 15) is 14.0 Å². The van der Waals surface area contributed by atoms with E-state index in [1.807, 2.05) is 35.7 Å². The number of pyridine rings is 1. The number of aromatic nitrogens is 2. The quantitative estimate of drug-likeness (QED) is 0.437. The Hall–Kier alpha value is -3.26. The Morgan fingerprint density at radius 2 is 1.90 bits per heavy atom. The van der Waals surface area contributed by atoms with E-state index in [0.29, 0.717) is 29.0 Å². The Morgan fingerprint density at radius 3 is 2.60 bits per heavy atom.